The van der Waals surface area contributed by atoms with E-state index >= 15 is 0 Å². The molecule has 0 atom stereocenters. The molecule has 0 spiro atoms. The standard InChI is InChI=1S/2Li.H3O4P.12H2O/c;;1-5(2,3)4;;;;;;;;;;;;/h;;(H3,1,2,3,4);12*1H2/q2*+1;;;;;;;;;;;;;/p-2. The van der Waals surface area contributed by atoms with Gasteiger partial charge < -0.3 is 85.0 Å². The summed E-state index contributed by atoms with van der Waals surface area (Å²) in [4.78, 5) is 24.3. The third kappa shape index (κ3) is 7830. The summed E-state index contributed by atoms with van der Waals surface area (Å²) in [6, 6.07) is 0. The monoisotopic (exact) mass is 326 g/mol. The van der Waals surface area contributed by atoms with Crippen LogP contribution in [-0.2, 0) is 4.57 Å². The van der Waals surface area contributed by atoms with Crippen LogP contribution in [0.15, 0.2) is 0 Å². The molecule has 0 heterocycles. The maximum absolute atomic E-state index is 8.66. The van der Waals surface area contributed by atoms with E-state index in [1.807, 2.05) is 0 Å². The van der Waals surface area contributed by atoms with Crippen LogP contribution in [0.1, 0.15) is 0 Å². The predicted molar refractivity (Wildman–Crippen MR) is 53.2 cm³/mol. The van der Waals surface area contributed by atoms with E-state index in [9.17, 15) is 0 Å². The molecule has 0 saturated carbocycles. The SMILES string of the molecule is O.O.O.O.O.O.O.O.O.O.O.O.O=P([O-])([O-])O.[Li+].[Li+]. The molecule has 0 aliphatic carbocycles. The Kier molecular flexibility index (Phi) is 2040. The third-order valence-electron chi connectivity index (χ3n) is 0. The van der Waals surface area contributed by atoms with Gasteiger partial charge in [0.2, 0.25) is 0 Å². The summed E-state index contributed by atoms with van der Waals surface area (Å²) in [5.41, 5.74) is 0. The van der Waals surface area contributed by atoms with Crippen LogP contribution >= 0.6 is 7.82 Å². The van der Waals surface area contributed by atoms with Gasteiger partial charge in [-0.05, 0) is 0 Å². The largest absolute Gasteiger partial charge is 1.00 e. The van der Waals surface area contributed by atoms with Crippen LogP contribution in [0.25, 0.3) is 0 Å². The van der Waals surface area contributed by atoms with Gasteiger partial charge in [-0.2, -0.15) is 0 Å². The topological polar surface area (TPSA) is 461 Å². The van der Waals surface area contributed by atoms with Gasteiger partial charge in [0.05, 0.1) is 7.82 Å². The van der Waals surface area contributed by atoms with Gasteiger partial charge in [-0.15, -0.1) is 0 Å². The number of rotatable bonds is 0. The minimum atomic E-state index is -5.14. The van der Waals surface area contributed by atoms with Gasteiger partial charge in [-0.1, -0.05) is 0 Å². The second-order valence-electron chi connectivity index (χ2n) is 0.469. The molecule has 0 unspecified atom stereocenters. The molecule has 0 aromatic carbocycles. The van der Waals surface area contributed by atoms with Crippen molar-refractivity contribution in [3.63, 3.8) is 0 Å². The quantitative estimate of drug-likeness (QED) is 0.334. The fourth-order valence-corrected chi connectivity index (χ4v) is 0. The minimum absolute atomic E-state index is 0. The first-order valence-electron chi connectivity index (χ1n) is 0.748. The summed E-state index contributed by atoms with van der Waals surface area (Å²) < 4.78 is 8.66. The van der Waals surface area contributed by atoms with Crippen molar-refractivity contribution >= 4 is 7.82 Å². The first-order valence-corrected chi connectivity index (χ1v) is 2.24. The van der Waals surface area contributed by atoms with Gasteiger partial charge >= 0.3 is 37.7 Å². The summed E-state index contributed by atoms with van der Waals surface area (Å²) in [6.07, 6.45) is 0. The average Bonchev–Trinajstić information content (AvgIpc) is 0.722. The van der Waals surface area contributed by atoms with Crippen LogP contribution in [0.2, 0.25) is 0 Å². The van der Waals surface area contributed by atoms with Crippen molar-refractivity contribution in [1.29, 1.82) is 0 Å². The molecule has 25 N–H and O–H groups in total. The zero-order valence-corrected chi connectivity index (χ0v) is 11.0. The van der Waals surface area contributed by atoms with E-state index in [-0.39, 0.29) is 103 Å². The van der Waals surface area contributed by atoms with Crippen molar-refractivity contribution in [2.24, 2.45) is 0 Å². The Labute approximate surface area is 131 Å². The van der Waals surface area contributed by atoms with Crippen LogP contribution in [0.4, 0.5) is 0 Å². The Morgan fingerprint density at radius 2 is 0.526 bits per heavy atom. The zero-order valence-electron chi connectivity index (χ0n) is 10.1. The van der Waals surface area contributed by atoms with Crippen molar-refractivity contribution in [3.05, 3.63) is 0 Å². The van der Waals surface area contributed by atoms with Crippen LogP contribution in [0, 0.1) is 0 Å². The second-order valence-corrected chi connectivity index (χ2v) is 1.41. The van der Waals surface area contributed by atoms with Gasteiger partial charge in [0.1, 0.15) is 0 Å². The van der Waals surface area contributed by atoms with Crippen molar-refractivity contribution in [1.82, 2.24) is 0 Å². The Morgan fingerprint density at radius 3 is 0.526 bits per heavy atom. The van der Waals surface area contributed by atoms with E-state index in [0.29, 0.717) is 0 Å². The molecular formula is H25Li2O16P. The molecule has 0 fully saturated rings. The molecule has 19 heteroatoms. The zero-order chi connectivity index (χ0) is 4.50. The second kappa shape index (κ2) is 128. The van der Waals surface area contributed by atoms with Gasteiger partial charge in [0.25, 0.3) is 0 Å². The van der Waals surface area contributed by atoms with Crippen LogP contribution in [-0.4, -0.2) is 70.6 Å². The molecule has 0 rings (SSSR count). The molecular weight excluding hydrogens is 301 g/mol. The molecule has 0 amide bonds. The van der Waals surface area contributed by atoms with Gasteiger partial charge in [-0.3, -0.25) is 0 Å². The molecule has 0 aromatic rings. The smallest absolute Gasteiger partial charge is 0.790 e. The Hall–Kier alpha value is 0.825. The molecule has 16 nitrogen and oxygen atoms in total. The summed E-state index contributed by atoms with van der Waals surface area (Å²) in [5.74, 6) is 0. The molecule has 0 aliphatic heterocycles. The maximum atomic E-state index is 8.66. The fraction of sp³-hybridized carbons (Fsp3) is 0. The normalized spacial score (nSPS) is 3.11. The van der Waals surface area contributed by atoms with E-state index in [4.69, 9.17) is 19.2 Å². The Balaban J connectivity index is -0.000000000879. The van der Waals surface area contributed by atoms with Gasteiger partial charge in [0.15, 0.2) is 0 Å². The molecule has 0 bridgehead atoms. The summed E-state index contributed by atoms with van der Waals surface area (Å²) in [6.45, 7) is 0. The molecule has 128 valence electrons. The van der Waals surface area contributed by atoms with Crippen molar-refractivity contribution in [2.75, 3.05) is 0 Å². The van der Waals surface area contributed by atoms with Crippen molar-refractivity contribution in [3.8, 4) is 0 Å². The Bertz CT molecular complexity index is 60.9. The molecule has 0 aromatic heterocycles. The summed E-state index contributed by atoms with van der Waals surface area (Å²) in [5, 5.41) is 0. The van der Waals surface area contributed by atoms with Gasteiger partial charge in [-0.25, -0.2) is 0 Å². The maximum Gasteiger partial charge on any atom is 1.00 e. The summed E-state index contributed by atoms with van der Waals surface area (Å²) in [7, 11) is -5.14. The molecule has 19 heavy (non-hydrogen) atoms. The minimum Gasteiger partial charge on any atom is -0.790 e. The summed E-state index contributed by atoms with van der Waals surface area (Å²) >= 11 is 0. The fourth-order valence-electron chi connectivity index (χ4n) is 0. The third-order valence-corrected chi connectivity index (χ3v) is 0. The van der Waals surface area contributed by atoms with Crippen LogP contribution < -0.4 is 47.5 Å². The number of phosphoric acid groups is 1. The number of hydrogen-bond donors (Lipinski definition) is 1. The molecule has 0 radical (unpaired) electrons. The van der Waals surface area contributed by atoms with E-state index in [2.05, 4.69) is 0 Å². The molecule has 0 saturated heterocycles. The van der Waals surface area contributed by atoms with Crippen molar-refractivity contribution < 1.29 is 123 Å². The Morgan fingerprint density at radius 1 is 0.526 bits per heavy atom. The first kappa shape index (κ1) is 302. The van der Waals surface area contributed by atoms with E-state index < -0.39 is 7.82 Å². The predicted octanol–water partition coefficient (Wildman–Crippen LogP) is -18.1. The molecule has 0 aliphatic rings. The van der Waals surface area contributed by atoms with E-state index in [1.54, 1.807) is 0 Å². The van der Waals surface area contributed by atoms with Crippen LogP contribution in [0.5, 0.6) is 0 Å². The van der Waals surface area contributed by atoms with E-state index in [1.165, 1.54) is 0 Å². The van der Waals surface area contributed by atoms with Gasteiger partial charge in [0, 0.05) is 0 Å². The van der Waals surface area contributed by atoms with E-state index in [0.717, 1.165) is 0 Å². The van der Waals surface area contributed by atoms with Crippen molar-refractivity contribution in [2.45, 2.75) is 0 Å². The number of hydrogen-bond acceptors (Lipinski definition) is 3. The van der Waals surface area contributed by atoms with Crippen LogP contribution in [0.3, 0.4) is 0 Å². The average molecular weight is 326 g/mol. The first-order chi connectivity index (χ1) is 2.00.